The maximum atomic E-state index is 13.5. The molecule has 244 valence electrons. The van der Waals surface area contributed by atoms with E-state index >= 15 is 0 Å². The standard InChI is InChI=1S/C29H43N5O3.C8H10/c1-20(2)18-33(19-21(3)4)28(35)22-10-11-27-26(14-22)31-29(34(27)13-9-12-32(5)6)30-23-15-24(36-7)17-25(16-23)37-8;1-8-6-4-2-3-5-7-8/h10-11,14-17,20-21H,9,12-13,18-19H2,1-8H3,(H,30,31);2-6H,7H2,1H3. The van der Waals surface area contributed by atoms with Crippen LogP contribution in [0.2, 0.25) is 0 Å². The first-order valence-corrected chi connectivity index (χ1v) is 15.9. The molecule has 0 atom stereocenters. The number of benzene rings is 2. The number of methoxy groups -OCH3 is 2. The fourth-order valence-corrected chi connectivity index (χ4v) is 5.13. The highest BCUT2D eigenvalue weighted by Crippen LogP contribution is 2.30. The Kier molecular flexibility index (Phi) is 13.7. The molecule has 1 aliphatic carbocycles. The number of imidazole rings is 1. The Morgan fingerprint density at radius 3 is 2.22 bits per heavy atom. The highest BCUT2D eigenvalue weighted by Gasteiger charge is 2.20. The largest absolute Gasteiger partial charge is 0.497 e. The number of rotatable bonds is 13. The molecule has 1 aliphatic rings. The zero-order chi connectivity index (χ0) is 32.9. The molecule has 0 radical (unpaired) electrons. The number of carbonyl (C=O) groups is 1. The van der Waals surface area contributed by atoms with Gasteiger partial charge in [0, 0.05) is 49.1 Å². The number of anilines is 2. The lowest BCUT2D eigenvalue weighted by Crippen LogP contribution is -2.37. The van der Waals surface area contributed by atoms with Crippen LogP contribution < -0.4 is 14.8 Å². The Morgan fingerprint density at radius 1 is 0.956 bits per heavy atom. The van der Waals surface area contributed by atoms with E-state index in [0.29, 0.717) is 28.9 Å². The smallest absolute Gasteiger partial charge is 0.253 e. The molecule has 8 nitrogen and oxygen atoms in total. The second-order valence-electron chi connectivity index (χ2n) is 12.7. The maximum Gasteiger partial charge on any atom is 0.253 e. The molecule has 1 N–H and O–H groups in total. The molecule has 4 rings (SSSR count). The Morgan fingerprint density at radius 2 is 1.62 bits per heavy atom. The highest BCUT2D eigenvalue weighted by atomic mass is 16.5. The third kappa shape index (κ3) is 11.1. The van der Waals surface area contributed by atoms with E-state index in [4.69, 9.17) is 14.5 Å². The van der Waals surface area contributed by atoms with Crippen LogP contribution in [0, 0.1) is 11.8 Å². The number of allylic oxidation sites excluding steroid dienone is 6. The van der Waals surface area contributed by atoms with Crippen LogP contribution in [0.3, 0.4) is 0 Å². The van der Waals surface area contributed by atoms with Crippen LogP contribution in [0.5, 0.6) is 11.5 Å². The number of ether oxygens (including phenoxy) is 2. The summed E-state index contributed by atoms with van der Waals surface area (Å²) in [5, 5.41) is 3.46. The minimum absolute atomic E-state index is 0.0542. The summed E-state index contributed by atoms with van der Waals surface area (Å²) < 4.78 is 13.1. The van der Waals surface area contributed by atoms with Crippen molar-refractivity contribution >= 4 is 28.6 Å². The van der Waals surface area contributed by atoms with Crippen LogP contribution in [-0.2, 0) is 6.54 Å². The first kappa shape index (κ1) is 35.4. The van der Waals surface area contributed by atoms with Crippen LogP contribution in [0.25, 0.3) is 11.0 Å². The minimum atomic E-state index is 0.0542. The number of nitrogens with zero attached hydrogens (tertiary/aromatic N) is 4. The Labute approximate surface area is 270 Å². The number of aromatic nitrogens is 2. The summed E-state index contributed by atoms with van der Waals surface area (Å²) in [7, 11) is 7.42. The summed E-state index contributed by atoms with van der Waals surface area (Å²) in [4.78, 5) is 22.5. The van der Waals surface area contributed by atoms with Crippen molar-refractivity contribution in [1.82, 2.24) is 19.4 Å². The predicted octanol–water partition coefficient (Wildman–Crippen LogP) is 7.95. The van der Waals surface area contributed by atoms with Gasteiger partial charge in [0.2, 0.25) is 5.95 Å². The molecule has 1 amide bonds. The van der Waals surface area contributed by atoms with E-state index in [1.54, 1.807) is 14.2 Å². The number of nitrogens with one attached hydrogen (secondary N) is 1. The van der Waals surface area contributed by atoms with Gasteiger partial charge in [-0.25, -0.2) is 4.98 Å². The molecule has 0 unspecified atom stereocenters. The fraction of sp³-hybridized carbons (Fsp3) is 0.459. The van der Waals surface area contributed by atoms with Gasteiger partial charge in [-0.1, -0.05) is 63.6 Å². The summed E-state index contributed by atoms with van der Waals surface area (Å²) in [5.74, 6) is 2.96. The van der Waals surface area contributed by atoms with Gasteiger partial charge in [0.15, 0.2) is 0 Å². The normalized spacial score (nSPS) is 12.7. The van der Waals surface area contributed by atoms with Gasteiger partial charge in [0.05, 0.1) is 25.3 Å². The van der Waals surface area contributed by atoms with Crippen LogP contribution in [0.4, 0.5) is 11.6 Å². The number of fused-ring (bicyclic) bond motifs is 1. The van der Waals surface area contributed by atoms with Crippen molar-refractivity contribution in [1.29, 1.82) is 0 Å². The quantitative estimate of drug-likeness (QED) is 0.210. The van der Waals surface area contributed by atoms with E-state index in [-0.39, 0.29) is 5.91 Å². The molecule has 0 fully saturated rings. The summed E-state index contributed by atoms with van der Waals surface area (Å²) in [5.41, 5.74) is 4.70. The van der Waals surface area contributed by atoms with E-state index < -0.39 is 0 Å². The van der Waals surface area contributed by atoms with E-state index in [0.717, 1.165) is 61.7 Å². The highest BCUT2D eigenvalue weighted by molar-refractivity contribution is 5.98. The molecule has 45 heavy (non-hydrogen) atoms. The van der Waals surface area contributed by atoms with Crippen molar-refractivity contribution < 1.29 is 14.3 Å². The SMILES string of the molecule is CC1=CC=CC=CC1.COc1cc(Nc2nc3cc(C(=O)N(CC(C)C)CC(C)C)ccc3n2CCCN(C)C)cc(OC)c1. The van der Waals surface area contributed by atoms with Gasteiger partial charge in [0.25, 0.3) is 5.91 Å². The molecule has 0 spiro atoms. The summed E-state index contributed by atoms with van der Waals surface area (Å²) >= 11 is 0. The average Bonchev–Trinajstić information content (AvgIpc) is 3.14. The van der Waals surface area contributed by atoms with Crippen LogP contribution in [0.15, 0.2) is 72.4 Å². The molecular formula is C37H53N5O3. The summed E-state index contributed by atoms with van der Waals surface area (Å²) in [6.07, 6.45) is 12.6. The van der Waals surface area contributed by atoms with Gasteiger partial charge >= 0.3 is 0 Å². The zero-order valence-corrected chi connectivity index (χ0v) is 28.8. The molecule has 3 aromatic rings. The molecule has 0 saturated heterocycles. The lowest BCUT2D eigenvalue weighted by Gasteiger charge is -2.26. The first-order valence-electron chi connectivity index (χ1n) is 15.9. The average molecular weight is 616 g/mol. The van der Waals surface area contributed by atoms with Crippen molar-refractivity contribution in [2.45, 2.75) is 54.0 Å². The van der Waals surface area contributed by atoms with E-state index in [9.17, 15) is 4.79 Å². The van der Waals surface area contributed by atoms with Gasteiger partial charge < -0.3 is 29.2 Å². The monoisotopic (exact) mass is 615 g/mol. The van der Waals surface area contributed by atoms with Gasteiger partial charge in [-0.3, -0.25) is 4.79 Å². The second kappa shape index (κ2) is 17.4. The minimum Gasteiger partial charge on any atom is -0.497 e. The topological polar surface area (TPSA) is 71.9 Å². The van der Waals surface area contributed by atoms with Crippen LogP contribution >= 0.6 is 0 Å². The van der Waals surface area contributed by atoms with Crippen molar-refractivity contribution in [2.24, 2.45) is 11.8 Å². The zero-order valence-electron chi connectivity index (χ0n) is 28.8. The number of amides is 1. The Bertz CT molecular complexity index is 1450. The van der Waals surface area contributed by atoms with E-state index in [1.165, 1.54) is 5.57 Å². The van der Waals surface area contributed by atoms with Crippen molar-refractivity contribution in [3.8, 4) is 11.5 Å². The summed E-state index contributed by atoms with van der Waals surface area (Å²) in [6.45, 7) is 13.9. The number of hydrogen-bond acceptors (Lipinski definition) is 6. The predicted molar refractivity (Wildman–Crippen MR) is 188 cm³/mol. The van der Waals surface area contributed by atoms with Crippen molar-refractivity contribution in [3.63, 3.8) is 0 Å². The van der Waals surface area contributed by atoms with Crippen molar-refractivity contribution in [2.75, 3.05) is 53.3 Å². The molecule has 0 aliphatic heterocycles. The molecule has 0 bridgehead atoms. The second-order valence-corrected chi connectivity index (χ2v) is 12.7. The number of aryl methyl sites for hydroxylation is 1. The van der Waals surface area contributed by atoms with Gasteiger partial charge in [-0.05, 0) is 70.4 Å². The third-order valence-corrected chi connectivity index (χ3v) is 7.23. The fourth-order valence-electron chi connectivity index (χ4n) is 5.13. The van der Waals surface area contributed by atoms with Gasteiger partial charge in [-0.15, -0.1) is 0 Å². The third-order valence-electron chi connectivity index (χ3n) is 7.23. The lowest BCUT2D eigenvalue weighted by atomic mass is 10.1. The van der Waals surface area contributed by atoms with Gasteiger partial charge in [-0.2, -0.15) is 0 Å². The van der Waals surface area contributed by atoms with Crippen LogP contribution in [0.1, 0.15) is 57.8 Å². The molecule has 0 saturated carbocycles. The molecule has 2 aromatic carbocycles. The number of carbonyl (C=O) groups excluding carboxylic acids is 1. The van der Waals surface area contributed by atoms with E-state index in [2.05, 4.69) is 93.9 Å². The molecule has 1 aromatic heterocycles. The lowest BCUT2D eigenvalue weighted by molar-refractivity contribution is 0.0715. The molecule has 1 heterocycles. The Hall–Kier alpha value is -4.04. The van der Waals surface area contributed by atoms with Crippen LogP contribution in [-0.4, -0.2) is 73.2 Å². The molecular weight excluding hydrogens is 562 g/mol. The first-order chi connectivity index (χ1) is 21.5. The van der Waals surface area contributed by atoms with E-state index in [1.807, 2.05) is 41.3 Å². The van der Waals surface area contributed by atoms with Crippen molar-refractivity contribution in [3.05, 3.63) is 77.9 Å². The molecule has 8 heteroatoms. The van der Waals surface area contributed by atoms with Gasteiger partial charge in [0.1, 0.15) is 11.5 Å². The number of hydrogen-bond donors (Lipinski definition) is 1. The summed E-state index contributed by atoms with van der Waals surface area (Å²) in [6, 6.07) is 11.5. The maximum absolute atomic E-state index is 13.5. The Balaban J connectivity index is 0.000000598.